The third kappa shape index (κ3) is 7.59. The molecule has 2 aromatic carbocycles. The molecule has 32 heavy (non-hydrogen) atoms. The first-order chi connectivity index (χ1) is 15.5. The van der Waals surface area contributed by atoms with Crippen molar-refractivity contribution in [2.24, 2.45) is 5.41 Å². The Morgan fingerprint density at radius 2 is 1.12 bits per heavy atom. The molecule has 2 unspecified atom stereocenters. The summed E-state index contributed by atoms with van der Waals surface area (Å²) in [5.41, 5.74) is 1.68. The van der Waals surface area contributed by atoms with Crippen LogP contribution in [-0.4, -0.2) is 25.2 Å². The summed E-state index contributed by atoms with van der Waals surface area (Å²) >= 11 is 9.10. The quantitative estimate of drug-likeness (QED) is 0.322. The fraction of sp³-hybridized carbons (Fsp3) is 0.462. The van der Waals surface area contributed by atoms with Crippen molar-refractivity contribution in [2.45, 2.75) is 55.4 Å². The van der Waals surface area contributed by atoms with Crippen LogP contribution >= 0.6 is 25.3 Å². The van der Waals surface area contributed by atoms with Gasteiger partial charge in [0.25, 0.3) is 0 Å². The molecule has 0 bridgehead atoms. The smallest absolute Gasteiger partial charge is 0.307 e. The Hall–Kier alpha value is -1.92. The lowest BCUT2D eigenvalue weighted by Crippen LogP contribution is -2.36. The van der Waals surface area contributed by atoms with E-state index in [1.54, 1.807) is 0 Å². The standard InChI is InChI=1S/C26H32O4S2/c27-24(16-22(31)20-10-4-1-5-11-20)29-18-26(14-8-3-9-15-26)19-30-25(28)17-23(32)21-12-6-2-7-13-21/h1-2,4-7,10-13,22-23,31-32H,3,8-9,14-19H2. The van der Waals surface area contributed by atoms with Crippen molar-refractivity contribution < 1.29 is 19.1 Å². The number of rotatable bonds is 10. The second-order valence-electron chi connectivity index (χ2n) is 8.64. The van der Waals surface area contributed by atoms with Gasteiger partial charge >= 0.3 is 11.9 Å². The number of hydrogen-bond donors (Lipinski definition) is 2. The maximum Gasteiger partial charge on any atom is 0.307 e. The number of benzene rings is 2. The van der Waals surface area contributed by atoms with E-state index in [0.29, 0.717) is 0 Å². The van der Waals surface area contributed by atoms with Gasteiger partial charge in [0, 0.05) is 15.9 Å². The van der Waals surface area contributed by atoms with Crippen molar-refractivity contribution in [3.05, 3.63) is 71.8 Å². The molecule has 6 heteroatoms. The van der Waals surface area contributed by atoms with Gasteiger partial charge in [0.05, 0.1) is 12.8 Å². The van der Waals surface area contributed by atoms with Crippen LogP contribution in [0.4, 0.5) is 0 Å². The van der Waals surface area contributed by atoms with Crippen LogP contribution in [-0.2, 0) is 19.1 Å². The van der Waals surface area contributed by atoms with E-state index in [2.05, 4.69) is 25.3 Å². The van der Waals surface area contributed by atoms with Crippen molar-refractivity contribution in [3.63, 3.8) is 0 Å². The van der Waals surface area contributed by atoms with E-state index in [4.69, 9.17) is 9.47 Å². The highest BCUT2D eigenvalue weighted by atomic mass is 32.1. The van der Waals surface area contributed by atoms with Crippen LogP contribution in [0.3, 0.4) is 0 Å². The summed E-state index contributed by atoms with van der Waals surface area (Å²) in [7, 11) is 0. The molecule has 0 radical (unpaired) electrons. The molecule has 1 fully saturated rings. The molecule has 172 valence electrons. The predicted octanol–water partition coefficient (Wildman–Crippen LogP) is 6.15. The average molecular weight is 473 g/mol. The predicted molar refractivity (Wildman–Crippen MR) is 133 cm³/mol. The number of carbonyl (C=O) groups excluding carboxylic acids is 2. The van der Waals surface area contributed by atoms with Crippen LogP contribution in [0.5, 0.6) is 0 Å². The highest BCUT2D eigenvalue weighted by Gasteiger charge is 2.35. The van der Waals surface area contributed by atoms with Crippen molar-refractivity contribution in [1.82, 2.24) is 0 Å². The van der Waals surface area contributed by atoms with Crippen molar-refractivity contribution >= 4 is 37.2 Å². The fourth-order valence-corrected chi connectivity index (χ4v) is 4.76. The molecule has 2 aromatic rings. The molecule has 0 spiro atoms. The summed E-state index contributed by atoms with van der Waals surface area (Å²) in [5, 5.41) is -0.400. The average Bonchev–Trinajstić information content (AvgIpc) is 2.83. The zero-order valence-electron chi connectivity index (χ0n) is 18.3. The lowest BCUT2D eigenvalue weighted by molar-refractivity contribution is -0.156. The minimum Gasteiger partial charge on any atom is -0.465 e. The molecule has 2 atom stereocenters. The van der Waals surface area contributed by atoms with Gasteiger partial charge in [0.2, 0.25) is 0 Å². The summed E-state index contributed by atoms with van der Waals surface area (Å²) in [4.78, 5) is 24.9. The van der Waals surface area contributed by atoms with E-state index in [9.17, 15) is 9.59 Å². The number of ether oxygens (including phenoxy) is 2. The number of thiol groups is 2. The summed E-state index contributed by atoms with van der Waals surface area (Å²) in [5.74, 6) is -0.547. The summed E-state index contributed by atoms with van der Waals surface area (Å²) in [6.45, 7) is 0.550. The van der Waals surface area contributed by atoms with E-state index >= 15 is 0 Å². The third-order valence-electron chi connectivity index (χ3n) is 6.08. The van der Waals surface area contributed by atoms with Gasteiger partial charge < -0.3 is 9.47 Å². The monoisotopic (exact) mass is 472 g/mol. The molecule has 1 saturated carbocycles. The van der Waals surface area contributed by atoms with E-state index in [1.807, 2.05) is 60.7 Å². The molecular weight excluding hydrogens is 440 g/mol. The highest BCUT2D eigenvalue weighted by Crippen LogP contribution is 2.38. The molecular formula is C26H32O4S2. The molecule has 0 N–H and O–H groups in total. The Morgan fingerprint density at radius 1 is 0.719 bits per heavy atom. The molecule has 1 aliphatic rings. The molecule has 0 amide bonds. The van der Waals surface area contributed by atoms with Gasteiger partial charge in [-0.15, -0.1) is 0 Å². The minimum atomic E-state index is -0.304. The first-order valence-electron chi connectivity index (χ1n) is 11.2. The first-order valence-corrected chi connectivity index (χ1v) is 12.3. The summed E-state index contributed by atoms with van der Waals surface area (Å²) in [6, 6.07) is 19.4. The third-order valence-corrected chi connectivity index (χ3v) is 7.04. The van der Waals surface area contributed by atoms with Gasteiger partial charge in [-0.1, -0.05) is 79.9 Å². The van der Waals surface area contributed by atoms with Crippen LogP contribution < -0.4 is 0 Å². The van der Waals surface area contributed by atoms with Crippen LogP contribution in [0.25, 0.3) is 0 Å². The Balaban J connectivity index is 1.49. The molecule has 0 heterocycles. The largest absolute Gasteiger partial charge is 0.465 e. The Morgan fingerprint density at radius 3 is 1.53 bits per heavy atom. The Bertz CT molecular complexity index is 785. The van der Waals surface area contributed by atoms with Crippen LogP contribution in [0.1, 0.15) is 66.6 Å². The van der Waals surface area contributed by atoms with E-state index in [0.717, 1.165) is 43.2 Å². The van der Waals surface area contributed by atoms with Crippen molar-refractivity contribution in [3.8, 4) is 0 Å². The van der Waals surface area contributed by atoms with Crippen LogP contribution in [0.15, 0.2) is 60.7 Å². The van der Waals surface area contributed by atoms with Crippen molar-refractivity contribution in [2.75, 3.05) is 13.2 Å². The molecule has 0 aliphatic heterocycles. The van der Waals surface area contributed by atoms with Crippen LogP contribution in [0, 0.1) is 5.41 Å². The second-order valence-corrected chi connectivity index (χ2v) is 9.89. The number of carbonyl (C=O) groups is 2. The normalized spacial score (nSPS) is 17.2. The zero-order valence-corrected chi connectivity index (χ0v) is 20.1. The minimum absolute atomic E-state index is 0.200. The van der Waals surface area contributed by atoms with Gasteiger partial charge in [-0.3, -0.25) is 9.59 Å². The van der Waals surface area contributed by atoms with Gasteiger partial charge in [0.1, 0.15) is 13.2 Å². The summed E-state index contributed by atoms with van der Waals surface area (Å²) in [6.07, 6.45) is 5.45. The lowest BCUT2D eigenvalue weighted by atomic mass is 9.75. The maximum atomic E-state index is 12.5. The molecule has 0 saturated heterocycles. The topological polar surface area (TPSA) is 52.6 Å². The second kappa shape index (κ2) is 12.4. The van der Waals surface area contributed by atoms with Crippen molar-refractivity contribution in [1.29, 1.82) is 0 Å². The molecule has 0 aromatic heterocycles. The highest BCUT2D eigenvalue weighted by molar-refractivity contribution is 7.80. The van der Waals surface area contributed by atoms with Gasteiger partial charge in [-0.05, 0) is 24.0 Å². The number of hydrogen-bond acceptors (Lipinski definition) is 6. The number of esters is 2. The molecule has 4 nitrogen and oxygen atoms in total. The summed E-state index contributed by atoms with van der Waals surface area (Å²) < 4.78 is 11.3. The van der Waals surface area contributed by atoms with Crippen LogP contribution in [0.2, 0.25) is 0 Å². The Labute approximate surface area is 201 Å². The van der Waals surface area contributed by atoms with Gasteiger partial charge in [0.15, 0.2) is 0 Å². The molecule has 3 rings (SSSR count). The van der Waals surface area contributed by atoms with E-state index in [1.165, 1.54) is 0 Å². The van der Waals surface area contributed by atoms with Gasteiger partial charge in [-0.25, -0.2) is 0 Å². The SMILES string of the molecule is O=C(CC(S)c1ccccc1)OCC1(COC(=O)CC(S)c2ccccc2)CCCCC1. The lowest BCUT2D eigenvalue weighted by Gasteiger charge is -2.36. The fourth-order valence-electron chi connectivity index (χ4n) is 4.12. The van der Waals surface area contributed by atoms with Gasteiger partial charge in [-0.2, -0.15) is 25.3 Å². The Kier molecular flexibility index (Phi) is 9.54. The zero-order chi connectivity index (χ0) is 22.8. The first kappa shape index (κ1) is 24.7. The van der Waals surface area contributed by atoms with E-state index < -0.39 is 0 Å². The molecule has 1 aliphatic carbocycles. The van der Waals surface area contributed by atoms with E-state index in [-0.39, 0.29) is 53.9 Å². The maximum absolute atomic E-state index is 12.5.